The zero-order chi connectivity index (χ0) is 14.4. The van der Waals surface area contributed by atoms with Crippen LogP contribution in [0.4, 0.5) is 10.5 Å². The van der Waals surface area contributed by atoms with Crippen LogP contribution in [0.2, 0.25) is 0 Å². The van der Waals surface area contributed by atoms with Crippen molar-refractivity contribution in [3.63, 3.8) is 0 Å². The molecule has 0 spiro atoms. The van der Waals surface area contributed by atoms with Crippen LogP contribution in [0.15, 0.2) is 36.4 Å². The highest BCUT2D eigenvalue weighted by molar-refractivity contribution is 5.88. The first kappa shape index (κ1) is 14.8. The minimum absolute atomic E-state index is 0.394. The molecule has 1 amide bonds. The number of methoxy groups -OCH3 is 1. The molecule has 0 aliphatic carbocycles. The zero-order valence-corrected chi connectivity index (χ0v) is 11.2. The highest BCUT2D eigenvalue weighted by atomic mass is 16.6. The molecule has 5 nitrogen and oxygen atoms in total. The Morgan fingerprint density at radius 2 is 1.84 bits per heavy atom. The summed E-state index contributed by atoms with van der Waals surface area (Å²) in [5, 5.41) is 2.52. The van der Waals surface area contributed by atoms with Crippen molar-refractivity contribution in [1.82, 2.24) is 0 Å². The fraction of sp³-hybridized carbons (Fsp3) is 0.286. The van der Waals surface area contributed by atoms with Crippen LogP contribution in [-0.2, 0) is 14.3 Å². The van der Waals surface area contributed by atoms with E-state index >= 15 is 0 Å². The first-order chi connectivity index (χ1) is 8.93. The number of hydrogen-bond acceptors (Lipinski definition) is 4. The molecule has 0 aromatic heterocycles. The molecule has 1 unspecified atom stereocenters. The quantitative estimate of drug-likeness (QED) is 0.670. The molecule has 1 aromatic rings. The van der Waals surface area contributed by atoms with Gasteiger partial charge in [-0.3, -0.25) is 5.32 Å². The number of anilines is 1. The van der Waals surface area contributed by atoms with Crippen molar-refractivity contribution in [3.8, 4) is 0 Å². The maximum absolute atomic E-state index is 11.7. The topological polar surface area (TPSA) is 64.6 Å². The van der Waals surface area contributed by atoms with E-state index in [1.807, 2.05) is 19.1 Å². The standard InChI is InChI=1S/C14H17NO4/c1-9(2)12(13(16)18-4)19-14(17)15-11-7-5-10(3)6-8-11/h5-8,12H,1H2,2-4H3,(H,15,17). The maximum atomic E-state index is 11.7. The van der Waals surface area contributed by atoms with Crippen molar-refractivity contribution >= 4 is 17.7 Å². The van der Waals surface area contributed by atoms with Crippen molar-refractivity contribution in [3.05, 3.63) is 42.0 Å². The van der Waals surface area contributed by atoms with Gasteiger partial charge in [-0.05, 0) is 31.6 Å². The summed E-state index contributed by atoms with van der Waals surface area (Å²) < 4.78 is 9.51. The fourth-order valence-corrected chi connectivity index (χ4v) is 1.35. The summed E-state index contributed by atoms with van der Waals surface area (Å²) in [7, 11) is 1.22. The van der Waals surface area contributed by atoms with Gasteiger partial charge in [0.2, 0.25) is 6.10 Å². The number of ether oxygens (including phenoxy) is 2. The highest BCUT2D eigenvalue weighted by Gasteiger charge is 2.24. The number of rotatable bonds is 4. The van der Waals surface area contributed by atoms with E-state index in [1.165, 1.54) is 7.11 Å². The SMILES string of the molecule is C=C(C)C(OC(=O)Nc1ccc(C)cc1)C(=O)OC. The van der Waals surface area contributed by atoms with Crippen molar-refractivity contribution in [2.75, 3.05) is 12.4 Å². The molecule has 0 fully saturated rings. The van der Waals surface area contributed by atoms with Crippen LogP contribution in [0.25, 0.3) is 0 Å². The summed E-state index contributed by atoms with van der Waals surface area (Å²) in [4.78, 5) is 23.0. The third-order valence-corrected chi connectivity index (χ3v) is 2.39. The molecule has 1 rings (SSSR count). The van der Waals surface area contributed by atoms with Crippen LogP contribution < -0.4 is 5.32 Å². The summed E-state index contributed by atoms with van der Waals surface area (Å²) in [6, 6.07) is 7.19. The van der Waals surface area contributed by atoms with Crippen molar-refractivity contribution < 1.29 is 19.1 Å². The molecule has 5 heteroatoms. The second kappa shape index (κ2) is 6.58. The highest BCUT2D eigenvalue weighted by Crippen LogP contribution is 2.11. The predicted molar refractivity (Wildman–Crippen MR) is 71.9 cm³/mol. The normalized spacial score (nSPS) is 11.3. The number of nitrogens with one attached hydrogen (secondary N) is 1. The largest absolute Gasteiger partial charge is 0.466 e. The van der Waals surface area contributed by atoms with Gasteiger partial charge in [0.25, 0.3) is 0 Å². The molecule has 1 atom stereocenters. The van der Waals surface area contributed by atoms with Gasteiger partial charge < -0.3 is 9.47 Å². The van der Waals surface area contributed by atoms with Gasteiger partial charge in [0, 0.05) is 5.69 Å². The monoisotopic (exact) mass is 263 g/mol. The van der Waals surface area contributed by atoms with Crippen LogP contribution in [-0.4, -0.2) is 25.3 Å². The number of aryl methyl sites for hydroxylation is 1. The van der Waals surface area contributed by atoms with Crippen molar-refractivity contribution in [2.24, 2.45) is 0 Å². The minimum atomic E-state index is -1.10. The van der Waals surface area contributed by atoms with Gasteiger partial charge in [-0.1, -0.05) is 24.3 Å². The predicted octanol–water partition coefficient (Wildman–Crippen LogP) is 2.66. The molecule has 0 aliphatic heterocycles. The first-order valence-electron chi connectivity index (χ1n) is 5.71. The summed E-state index contributed by atoms with van der Waals surface area (Å²) in [6.07, 6.45) is -1.84. The molecule has 0 heterocycles. The number of esters is 1. The van der Waals surface area contributed by atoms with Gasteiger partial charge in [0.05, 0.1) is 7.11 Å². The average molecular weight is 263 g/mol. The average Bonchev–Trinajstić information content (AvgIpc) is 2.37. The minimum Gasteiger partial charge on any atom is -0.466 e. The van der Waals surface area contributed by atoms with E-state index in [9.17, 15) is 9.59 Å². The van der Waals surface area contributed by atoms with E-state index in [0.717, 1.165) is 5.56 Å². The Hall–Kier alpha value is -2.30. The van der Waals surface area contributed by atoms with Gasteiger partial charge in [-0.15, -0.1) is 0 Å². The lowest BCUT2D eigenvalue weighted by Gasteiger charge is -2.15. The maximum Gasteiger partial charge on any atom is 0.412 e. The van der Waals surface area contributed by atoms with E-state index < -0.39 is 18.2 Å². The molecule has 1 aromatic carbocycles. The number of benzene rings is 1. The smallest absolute Gasteiger partial charge is 0.412 e. The Balaban J connectivity index is 2.65. The van der Waals surface area contributed by atoms with Crippen LogP contribution in [0.3, 0.4) is 0 Å². The summed E-state index contributed by atoms with van der Waals surface area (Å²) >= 11 is 0. The number of amides is 1. The second-order valence-corrected chi connectivity index (χ2v) is 4.15. The zero-order valence-electron chi connectivity index (χ0n) is 11.2. The molecule has 1 N–H and O–H groups in total. The first-order valence-corrected chi connectivity index (χ1v) is 5.71. The molecule has 19 heavy (non-hydrogen) atoms. The van der Waals surface area contributed by atoms with E-state index in [2.05, 4.69) is 16.6 Å². The van der Waals surface area contributed by atoms with Gasteiger partial charge >= 0.3 is 12.1 Å². The van der Waals surface area contributed by atoms with E-state index in [-0.39, 0.29) is 0 Å². The van der Waals surface area contributed by atoms with E-state index in [1.54, 1.807) is 19.1 Å². The lowest BCUT2D eigenvalue weighted by Crippen LogP contribution is -2.31. The molecular formula is C14H17NO4. The Bertz CT molecular complexity index is 479. The Morgan fingerprint density at radius 1 is 1.26 bits per heavy atom. The van der Waals surface area contributed by atoms with E-state index in [4.69, 9.17) is 4.74 Å². The third-order valence-electron chi connectivity index (χ3n) is 2.39. The molecule has 0 radical (unpaired) electrons. The molecule has 102 valence electrons. The molecular weight excluding hydrogens is 246 g/mol. The Kier molecular flexibility index (Phi) is 5.11. The third kappa shape index (κ3) is 4.46. The molecule has 0 bridgehead atoms. The Morgan fingerprint density at radius 3 is 2.32 bits per heavy atom. The fourth-order valence-electron chi connectivity index (χ4n) is 1.35. The summed E-state index contributed by atoms with van der Waals surface area (Å²) in [5.74, 6) is -0.661. The number of carbonyl (C=O) groups excluding carboxylic acids is 2. The lowest BCUT2D eigenvalue weighted by molar-refractivity contribution is -0.148. The summed E-state index contributed by atoms with van der Waals surface area (Å²) in [6.45, 7) is 7.12. The Labute approximate surface area is 112 Å². The van der Waals surface area contributed by atoms with Gasteiger partial charge in [-0.25, -0.2) is 9.59 Å². The number of carbonyl (C=O) groups is 2. The van der Waals surface area contributed by atoms with Crippen LogP contribution >= 0.6 is 0 Å². The summed E-state index contributed by atoms with van der Waals surface area (Å²) in [5.41, 5.74) is 2.06. The van der Waals surface area contributed by atoms with E-state index in [0.29, 0.717) is 11.3 Å². The van der Waals surface area contributed by atoms with Crippen LogP contribution in [0, 0.1) is 6.92 Å². The molecule has 0 saturated carbocycles. The van der Waals surface area contributed by atoms with Crippen molar-refractivity contribution in [2.45, 2.75) is 20.0 Å². The van der Waals surface area contributed by atoms with Crippen molar-refractivity contribution in [1.29, 1.82) is 0 Å². The van der Waals surface area contributed by atoms with Gasteiger partial charge in [0.15, 0.2) is 0 Å². The molecule has 0 aliphatic rings. The molecule has 0 saturated heterocycles. The second-order valence-electron chi connectivity index (χ2n) is 4.15. The lowest BCUT2D eigenvalue weighted by atomic mass is 10.2. The van der Waals surface area contributed by atoms with Crippen LogP contribution in [0.5, 0.6) is 0 Å². The van der Waals surface area contributed by atoms with Gasteiger partial charge in [0.1, 0.15) is 0 Å². The number of hydrogen-bond donors (Lipinski definition) is 1. The van der Waals surface area contributed by atoms with Gasteiger partial charge in [-0.2, -0.15) is 0 Å². The van der Waals surface area contributed by atoms with Crippen LogP contribution in [0.1, 0.15) is 12.5 Å².